The molecule has 2 nitrogen and oxygen atoms in total. The summed E-state index contributed by atoms with van der Waals surface area (Å²) in [6, 6.07) is 14.3. The van der Waals surface area contributed by atoms with E-state index in [2.05, 4.69) is 30.0 Å². The summed E-state index contributed by atoms with van der Waals surface area (Å²) in [6.07, 6.45) is 0. The van der Waals surface area contributed by atoms with Crippen LogP contribution >= 0.6 is 11.6 Å². The fourth-order valence-electron chi connectivity index (χ4n) is 2.08. The normalized spacial score (nSPS) is 10.3. The lowest BCUT2D eigenvalue weighted by Gasteiger charge is -2.22. The first kappa shape index (κ1) is 13.8. The minimum absolute atomic E-state index is 0.546. The van der Waals surface area contributed by atoms with Crippen LogP contribution in [0.4, 0.5) is 11.4 Å². The fraction of sp³-hybridized carbons (Fsp3) is 0.250. The molecule has 0 heterocycles. The molecule has 0 amide bonds. The number of hydrogen-bond acceptors (Lipinski definition) is 2. The number of aryl methyl sites for hydroxylation is 1. The van der Waals surface area contributed by atoms with Gasteiger partial charge in [-0.1, -0.05) is 18.2 Å². The third-order valence-electron chi connectivity index (χ3n) is 3.30. The summed E-state index contributed by atoms with van der Waals surface area (Å²) in [4.78, 5) is 2.11. The first-order chi connectivity index (χ1) is 9.17. The van der Waals surface area contributed by atoms with Gasteiger partial charge in [-0.3, -0.25) is 0 Å². The van der Waals surface area contributed by atoms with Crippen molar-refractivity contribution < 1.29 is 4.74 Å². The second kappa shape index (κ2) is 5.98. The van der Waals surface area contributed by atoms with Crippen molar-refractivity contribution in [3.8, 4) is 5.75 Å². The smallest absolute Gasteiger partial charge is 0.142 e. The lowest BCUT2D eigenvalue weighted by atomic mass is 10.1. The van der Waals surface area contributed by atoms with Gasteiger partial charge in [0.25, 0.3) is 0 Å². The van der Waals surface area contributed by atoms with Crippen LogP contribution in [-0.2, 0) is 5.88 Å². The fourth-order valence-corrected chi connectivity index (χ4v) is 2.38. The summed E-state index contributed by atoms with van der Waals surface area (Å²) in [5, 5.41) is 0. The Labute approximate surface area is 119 Å². The number of methoxy groups -OCH3 is 1. The number of nitrogens with zero attached hydrogens (tertiary/aromatic N) is 1. The molecule has 2 rings (SSSR count). The highest BCUT2D eigenvalue weighted by Gasteiger charge is 2.10. The van der Waals surface area contributed by atoms with Gasteiger partial charge in [0.1, 0.15) is 5.75 Å². The SMILES string of the molecule is COc1ccccc1N(C)c1ccc(CCl)c(C)c1. The van der Waals surface area contributed by atoms with Crippen molar-refractivity contribution in [2.75, 3.05) is 19.1 Å². The first-order valence-corrected chi connectivity index (χ1v) is 6.73. The van der Waals surface area contributed by atoms with Crippen molar-refractivity contribution in [1.82, 2.24) is 0 Å². The van der Waals surface area contributed by atoms with Gasteiger partial charge in [0.15, 0.2) is 0 Å². The van der Waals surface area contributed by atoms with E-state index < -0.39 is 0 Å². The van der Waals surface area contributed by atoms with Crippen molar-refractivity contribution in [2.45, 2.75) is 12.8 Å². The van der Waals surface area contributed by atoms with Crippen LogP contribution in [0.5, 0.6) is 5.75 Å². The summed E-state index contributed by atoms with van der Waals surface area (Å²) in [5.41, 5.74) is 4.53. The molecule has 0 aliphatic heterocycles. The molecule has 0 radical (unpaired) electrons. The Morgan fingerprint density at radius 2 is 1.89 bits per heavy atom. The summed E-state index contributed by atoms with van der Waals surface area (Å²) < 4.78 is 5.40. The molecule has 2 aromatic rings. The van der Waals surface area contributed by atoms with Gasteiger partial charge in [0.2, 0.25) is 0 Å². The molecule has 2 aromatic carbocycles. The maximum atomic E-state index is 5.90. The number of ether oxygens (including phenoxy) is 1. The van der Waals surface area contributed by atoms with Crippen LogP contribution < -0.4 is 9.64 Å². The van der Waals surface area contributed by atoms with Gasteiger partial charge in [-0.05, 0) is 42.3 Å². The molecular formula is C16H18ClNO. The Morgan fingerprint density at radius 3 is 2.53 bits per heavy atom. The van der Waals surface area contributed by atoms with Crippen molar-refractivity contribution in [2.24, 2.45) is 0 Å². The Morgan fingerprint density at radius 1 is 1.16 bits per heavy atom. The number of rotatable bonds is 4. The minimum Gasteiger partial charge on any atom is -0.495 e. The first-order valence-electron chi connectivity index (χ1n) is 6.19. The average molecular weight is 276 g/mol. The third kappa shape index (κ3) is 2.85. The van der Waals surface area contributed by atoms with E-state index in [0.29, 0.717) is 5.88 Å². The van der Waals surface area contributed by atoms with Crippen LogP contribution in [0.3, 0.4) is 0 Å². The lowest BCUT2D eigenvalue weighted by Crippen LogP contribution is -2.11. The Bertz CT molecular complexity index is 568. The van der Waals surface area contributed by atoms with E-state index in [-0.39, 0.29) is 0 Å². The minimum atomic E-state index is 0.546. The molecule has 0 fully saturated rings. The molecule has 0 N–H and O–H groups in total. The summed E-state index contributed by atoms with van der Waals surface area (Å²) in [5.74, 6) is 1.41. The van der Waals surface area contributed by atoms with Crippen LogP contribution in [0, 0.1) is 6.92 Å². The molecule has 0 spiro atoms. The van der Waals surface area contributed by atoms with Gasteiger partial charge < -0.3 is 9.64 Å². The van der Waals surface area contributed by atoms with Crippen molar-refractivity contribution >= 4 is 23.0 Å². The highest BCUT2D eigenvalue weighted by molar-refractivity contribution is 6.17. The van der Waals surface area contributed by atoms with Crippen LogP contribution in [0.2, 0.25) is 0 Å². The van der Waals surface area contributed by atoms with Gasteiger partial charge in [-0.25, -0.2) is 0 Å². The highest BCUT2D eigenvalue weighted by atomic mass is 35.5. The predicted octanol–water partition coefficient (Wildman–Crippen LogP) is 4.51. The van der Waals surface area contributed by atoms with Crippen molar-refractivity contribution in [1.29, 1.82) is 0 Å². The second-order valence-electron chi connectivity index (χ2n) is 4.48. The Kier molecular flexibility index (Phi) is 4.33. The molecule has 0 saturated heterocycles. The number of benzene rings is 2. The monoisotopic (exact) mass is 275 g/mol. The Hall–Kier alpha value is -1.67. The molecule has 0 aliphatic carbocycles. The van der Waals surface area contributed by atoms with E-state index in [1.54, 1.807) is 7.11 Å². The van der Waals surface area contributed by atoms with E-state index >= 15 is 0 Å². The van der Waals surface area contributed by atoms with Crippen molar-refractivity contribution in [3.05, 3.63) is 53.6 Å². The number of hydrogen-bond donors (Lipinski definition) is 0. The number of anilines is 2. The van der Waals surface area contributed by atoms with E-state index in [9.17, 15) is 0 Å². The molecule has 100 valence electrons. The van der Waals surface area contributed by atoms with Crippen LogP contribution in [0.25, 0.3) is 0 Å². The lowest BCUT2D eigenvalue weighted by molar-refractivity contribution is 0.415. The van der Waals surface area contributed by atoms with E-state index in [4.69, 9.17) is 16.3 Å². The van der Waals surface area contributed by atoms with Crippen LogP contribution in [0.15, 0.2) is 42.5 Å². The number of halogens is 1. The second-order valence-corrected chi connectivity index (χ2v) is 4.74. The highest BCUT2D eigenvalue weighted by Crippen LogP contribution is 2.32. The molecule has 0 atom stereocenters. The summed E-state index contributed by atoms with van der Waals surface area (Å²) in [6.45, 7) is 2.08. The zero-order valence-corrected chi connectivity index (χ0v) is 12.2. The van der Waals surface area contributed by atoms with E-state index in [0.717, 1.165) is 17.1 Å². The van der Waals surface area contributed by atoms with Gasteiger partial charge >= 0.3 is 0 Å². The molecule has 3 heteroatoms. The van der Waals surface area contributed by atoms with E-state index in [1.165, 1.54) is 11.1 Å². The van der Waals surface area contributed by atoms with Gasteiger partial charge in [-0.2, -0.15) is 0 Å². The maximum absolute atomic E-state index is 5.90. The van der Waals surface area contributed by atoms with Crippen LogP contribution in [-0.4, -0.2) is 14.2 Å². The molecule has 0 saturated carbocycles. The maximum Gasteiger partial charge on any atom is 0.142 e. The van der Waals surface area contributed by atoms with E-state index in [1.807, 2.05) is 31.3 Å². The topological polar surface area (TPSA) is 12.5 Å². The predicted molar refractivity (Wildman–Crippen MR) is 81.8 cm³/mol. The standard InChI is InChI=1S/C16H18ClNO/c1-12-10-14(9-8-13(12)11-17)18(2)15-6-4-5-7-16(15)19-3/h4-10H,11H2,1-3H3. The zero-order valence-electron chi connectivity index (χ0n) is 11.5. The summed E-state index contributed by atoms with van der Waals surface area (Å²) >= 11 is 5.90. The van der Waals surface area contributed by atoms with Crippen LogP contribution in [0.1, 0.15) is 11.1 Å². The van der Waals surface area contributed by atoms with Gasteiger partial charge in [0.05, 0.1) is 12.8 Å². The quantitative estimate of drug-likeness (QED) is 0.761. The molecule has 0 unspecified atom stereocenters. The molecule has 0 aromatic heterocycles. The molecule has 0 aliphatic rings. The van der Waals surface area contributed by atoms with Crippen molar-refractivity contribution in [3.63, 3.8) is 0 Å². The van der Waals surface area contributed by atoms with Gasteiger partial charge in [0, 0.05) is 18.6 Å². The molecule has 19 heavy (non-hydrogen) atoms. The average Bonchev–Trinajstić information content (AvgIpc) is 2.46. The van der Waals surface area contributed by atoms with Gasteiger partial charge in [-0.15, -0.1) is 11.6 Å². The summed E-state index contributed by atoms with van der Waals surface area (Å²) in [7, 11) is 3.72. The number of para-hydroxylation sites is 2. The molecule has 0 bridgehead atoms. The largest absolute Gasteiger partial charge is 0.495 e. The molecular weight excluding hydrogens is 258 g/mol. The third-order valence-corrected chi connectivity index (χ3v) is 3.59. The zero-order chi connectivity index (χ0) is 13.8. The number of alkyl halides is 1. The Balaban J connectivity index is 2.38.